The van der Waals surface area contributed by atoms with Crippen LogP contribution in [0.3, 0.4) is 0 Å². The van der Waals surface area contributed by atoms with Gasteiger partial charge < -0.3 is 10.1 Å². The van der Waals surface area contributed by atoms with Gasteiger partial charge in [-0.25, -0.2) is 0 Å². The summed E-state index contributed by atoms with van der Waals surface area (Å²) in [6, 6.07) is 0.502. The van der Waals surface area contributed by atoms with Crippen LogP contribution in [0, 0.1) is 0 Å². The molecule has 0 aliphatic carbocycles. The lowest BCUT2D eigenvalue weighted by Crippen LogP contribution is -2.49. The van der Waals surface area contributed by atoms with Crippen LogP contribution in [0.1, 0.15) is 6.92 Å². The molecule has 1 unspecified atom stereocenters. The Hall–Kier alpha value is 1.38. The molecule has 60 valence electrons. The fourth-order valence-electron chi connectivity index (χ4n) is 0.891. The van der Waals surface area contributed by atoms with E-state index in [0.717, 1.165) is 19.8 Å². The zero-order valence-corrected chi connectivity index (χ0v) is 10.2. The minimum Gasteiger partial charge on any atom is -0.378 e. The summed E-state index contributed by atoms with van der Waals surface area (Å²) >= 11 is 4.88. The van der Waals surface area contributed by atoms with Crippen molar-refractivity contribution in [1.29, 1.82) is 0 Å². The van der Waals surface area contributed by atoms with Gasteiger partial charge in [-0.3, -0.25) is 0 Å². The zero-order chi connectivity index (χ0) is 7.61. The van der Waals surface area contributed by atoms with E-state index in [4.69, 9.17) is 4.74 Å². The first-order chi connectivity index (χ1) is 4.61. The van der Waals surface area contributed by atoms with Crippen molar-refractivity contribution >= 4 is 45.2 Å². The summed E-state index contributed by atoms with van der Waals surface area (Å²) in [7, 11) is 0. The molecular formula is C6H11I2NO. The van der Waals surface area contributed by atoms with Crippen LogP contribution in [0.15, 0.2) is 0 Å². The molecule has 4 heteroatoms. The molecule has 0 aromatic heterocycles. The lowest BCUT2D eigenvalue weighted by Gasteiger charge is -2.31. The molecule has 0 saturated carbocycles. The second kappa shape index (κ2) is 3.86. The predicted octanol–water partition coefficient (Wildman–Crippen LogP) is 1.56. The van der Waals surface area contributed by atoms with Gasteiger partial charge in [0.25, 0.3) is 0 Å². The topological polar surface area (TPSA) is 21.3 Å². The van der Waals surface area contributed by atoms with E-state index in [2.05, 4.69) is 57.4 Å². The summed E-state index contributed by atoms with van der Waals surface area (Å²) in [6.45, 7) is 4.91. The molecule has 10 heavy (non-hydrogen) atoms. The van der Waals surface area contributed by atoms with Crippen molar-refractivity contribution in [3.63, 3.8) is 0 Å². The molecule has 1 saturated heterocycles. The Kier molecular flexibility index (Phi) is 3.66. The van der Waals surface area contributed by atoms with Crippen molar-refractivity contribution in [2.45, 2.75) is 14.4 Å². The monoisotopic (exact) mass is 367 g/mol. The van der Waals surface area contributed by atoms with Crippen molar-refractivity contribution in [2.24, 2.45) is 0 Å². The van der Waals surface area contributed by atoms with E-state index >= 15 is 0 Å². The molecular weight excluding hydrogens is 356 g/mol. The van der Waals surface area contributed by atoms with Crippen LogP contribution in [0.4, 0.5) is 0 Å². The highest BCUT2D eigenvalue weighted by Crippen LogP contribution is 2.31. The van der Waals surface area contributed by atoms with Gasteiger partial charge in [0.15, 0.2) is 0 Å². The first-order valence-electron chi connectivity index (χ1n) is 3.29. The third-order valence-corrected chi connectivity index (χ3v) is 3.04. The molecule has 0 bridgehead atoms. The molecule has 2 nitrogen and oxygen atoms in total. The lowest BCUT2D eigenvalue weighted by molar-refractivity contribution is 0.0774. The predicted molar refractivity (Wildman–Crippen MR) is 59.1 cm³/mol. The van der Waals surface area contributed by atoms with Gasteiger partial charge in [-0.05, 0) is 6.92 Å². The van der Waals surface area contributed by atoms with Crippen LogP contribution in [-0.2, 0) is 4.74 Å². The Balaban J connectivity index is 2.39. The lowest BCUT2D eigenvalue weighted by atomic mass is 10.2. The molecule has 0 radical (unpaired) electrons. The van der Waals surface area contributed by atoms with E-state index in [1.165, 1.54) is 0 Å². The first kappa shape index (κ1) is 9.47. The van der Waals surface area contributed by atoms with E-state index in [9.17, 15) is 0 Å². The van der Waals surface area contributed by atoms with Crippen molar-refractivity contribution in [1.82, 2.24) is 5.32 Å². The Morgan fingerprint density at radius 2 is 2.30 bits per heavy atom. The summed E-state index contributed by atoms with van der Waals surface area (Å²) in [5.41, 5.74) is 0. The molecule has 0 aromatic rings. The fourth-order valence-corrected chi connectivity index (χ4v) is 1.69. The van der Waals surface area contributed by atoms with E-state index in [1.807, 2.05) is 0 Å². The normalized spacial score (nSPS) is 28.5. The summed E-state index contributed by atoms with van der Waals surface area (Å²) in [6.07, 6.45) is 0. The number of morpholine rings is 1. The highest BCUT2D eigenvalue weighted by molar-refractivity contribution is 14.2. The highest BCUT2D eigenvalue weighted by Gasteiger charge is 2.29. The Morgan fingerprint density at radius 1 is 1.60 bits per heavy atom. The van der Waals surface area contributed by atoms with E-state index in [1.54, 1.807) is 0 Å². The van der Waals surface area contributed by atoms with Crippen LogP contribution in [-0.4, -0.2) is 27.2 Å². The Morgan fingerprint density at radius 3 is 2.60 bits per heavy atom. The average molecular weight is 367 g/mol. The molecule has 0 aromatic carbocycles. The van der Waals surface area contributed by atoms with Gasteiger partial charge in [0.05, 0.1) is 20.7 Å². The molecule has 1 rings (SSSR count). The maximum absolute atomic E-state index is 5.34. The van der Waals surface area contributed by atoms with Gasteiger partial charge in [-0.15, -0.1) is 0 Å². The summed E-state index contributed by atoms with van der Waals surface area (Å²) in [5, 5.41) is 3.42. The summed E-state index contributed by atoms with van der Waals surface area (Å²) < 4.78 is 5.61. The molecule has 1 fully saturated rings. The van der Waals surface area contributed by atoms with Gasteiger partial charge in [-0.2, -0.15) is 0 Å². The molecule has 1 N–H and O–H groups in total. The second-order valence-corrected chi connectivity index (χ2v) is 9.08. The smallest absolute Gasteiger partial charge is 0.0881 e. The number of halogens is 2. The van der Waals surface area contributed by atoms with Crippen LogP contribution < -0.4 is 5.32 Å². The van der Waals surface area contributed by atoms with Crippen LogP contribution in [0.2, 0.25) is 0 Å². The largest absolute Gasteiger partial charge is 0.378 e. The molecule has 1 aliphatic rings. The van der Waals surface area contributed by atoms with Gasteiger partial charge in [0, 0.05) is 6.54 Å². The van der Waals surface area contributed by atoms with E-state index < -0.39 is 0 Å². The number of rotatable bonds is 1. The van der Waals surface area contributed by atoms with E-state index in [-0.39, 0.29) is 1.43 Å². The zero-order valence-electron chi connectivity index (χ0n) is 5.86. The molecule has 1 aliphatic heterocycles. The molecule has 0 spiro atoms. The standard InChI is InChI=1S/C6H11I2NO/c1-6(7,8)5-4-10-3-2-9-5/h5,9H,2-4H2,1H3. The summed E-state index contributed by atoms with van der Waals surface area (Å²) in [5.74, 6) is 0. The fraction of sp³-hybridized carbons (Fsp3) is 1.00. The molecule has 1 atom stereocenters. The number of hydrogen-bond donors (Lipinski definition) is 1. The summed E-state index contributed by atoms with van der Waals surface area (Å²) in [4.78, 5) is 0. The second-order valence-electron chi connectivity index (χ2n) is 2.54. The van der Waals surface area contributed by atoms with Crippen molar-refractivity contribution in [2.75, 3.05) is 19.8 Å². The van der Waals surface area contributed by atoms with Gasteiger partial charge in [-0.1, -0.05) is 45.2 Å². The van der Waals surface area contributed by atoms with Crippen LogP contribution >= 0.6 is 45.2 Å². The molecule has 1 heterocycles. The van der Waals surface area contributed by atoms with Crippen molar-refractivity contribution in [3.8, 4) is 0 Å². The maximum Gasteiger partial charge on any atom is 0.0881 e. The number of hydrogen-bond acceptors (Lipinski definition) is 2. The third-order valence-electron chi connectivity index (χ3n) is 1.53. The van der Waals surface area contributed by atoms with Gasteiger partial charge in [0.2, 0.25) is 0 Å². The quantitative estimate of drug-likeness (QED) is 0.561. The highest BCUT2D eigenvalue weighted by atomic mass is 127. The third kappa shape index (κ3) is 2.78. The average Bonchev–Trinajstić information content (AvgIpc) is 1.88. The maximum atomic E-state index is 5.34. The van der Waals surface area contributed by atoms with Crippen molar-refractivity contribution in [3.05, 3.63) is 0 Å². The Labute approximate surface area is 88.7 Å². The molecule has 0 amide bonds. The van der Waals surface area contributed by atoms with Crippen molar-refractivity contribution < 1.29 is 4.74 Å². The first-order valence-corrected chi connectivity index (χ1v) is 5.45. The van der Waals surface area contributed by atoms with Crippen LogP contribution in [0.25, 0.3) is 0 Å². The van der Waals surface area contributed by atoms with Gasteiger partial charge in [0.1, 0.15) is 0 Å². The van der Waals surface area contributed by atoms with Gasteiger partial charge >= 0.3 is 0 Å². The minimum absolute atomic E-state index is 0.274. The minimum atomic E-state index is 0.274. The van der Waals surface area contributed by atoms with E-state index in [0.29, 0.717) is 6.04 Å². The van der Waals surface area contributed by atoms with Crippen LogP contribution in [0.5, 0.6) is 0 Å². The number of alkyl halides is 2. The SMILES string of the molecule is CC(I)(I)C1COCCN1. The number of nitrogens with one attached hydrogen (secondary N) is 1. The Bertz CT molecular complexity index is 107. The number of ether oxygens (including phenoxy) is 1.